The fourth-order valence-corrected chi connectivity index (χ4v) is 3.53. The summed E-state index contributed by atoms with van der Waals surface area (Å²) < 4.78 is 0. The number of pyridine rings is 1. The number of aryl methyl sites for hydroxylation is 2. The zero-order valence-corrected chi connectivity index (χ0v) is 14.3. The molecule has 0 unspecified atom stereocenters. The first-order valence-corrected chi connectivity index (χ1v) is 8.68. The number of benzene rings is 1. The first kappa shape index (κ1) is 16.5. The number of amides is 1. The van der Waals surface area contributed by atoms with E-state index in [0.717, 1.165) is 31.4 Å². The normalized spacial score (nSPS) is 16.5. The Morgan fingerprint density at radius 2 is 1.96 bits per heavy atom. The molecule has 1 amide bonds. The van der Waals surface area contributed by atoms with Crippen molar-refractivity contribution in [2.45, 2.75) is 45.6 Å². The molecular formula is C20H24N2O2. The fraction of sp³-hybridized carbons (Fsp3) is 0.400. The second-order valence-electron chi connectivity index (χ2n) is 6.55. The molecule has 2 aromatic rings. The molecule has 0 radical (unpaired) electrons. The van der Waals surface area contributed by atoms with Gasteiger partial charge in [0.15, 0.2) is 0 Å². The van der Waals surface area contributed by atoms with Crippen LogP contribution in [-0.4, -0.2) is 28.4 Å². The molecule has 0 fully saturated rings. The number of nitrogens with zero attached hydrogens (tertiary/aromatic N) is 1. The van der Waals surface area contributed by atoms with E-state index in [1.807, 2.05) is 11.8 Å². The minimum absolute atomic E-state index is 0.150. The van der Waals surface area contributed by atoms with Crippen LogP contribution in [0.25, 0.3) is 0 Å². The van der Waals surface area contributed by atoms with E-state index in [-0.39, 0.29) is 23.1 Å². The van der Waals surface area contributed by atoms with E-state index in [4.69, 9.17) is 0 Å². The Morgan fingerprint density at radius 3 is 2.67 bits per heavy atom. The van der Waals surface area contributed by atoms with Crippen LogP contribution in [0.4, 0.5) is 0 Å². The molecule has 24 heavy (non-hydrogen) atoms. The third kappa shape index (κ3) is 3.28. The van der Waals surface area contributed by atoms with Crippen LogP contribution < -0.4 is 5.56 Å². The van der Waals surface area contributed by atoms with Gasteiger partial charge in [-0.2, -0.15) is 0 Å². The fourth-order valence-electron chi connectivity index (χ4n) is 3.53. The summed E-state index contributed by atoms with van der Waals surface area (Å²) in [7, 11) is 0. The zero-order valence-electron chi connectivity index (χ0n) is 14.3. The molecule has 4 heteroatoms. The molecule has 0 saturated carbocycles. The van der Waals surface area contributed by atoms with Crippen molar-refractivity contribution < 1.29 is 4.79 Å². The van der Waals surface area contributed by atoms with Crippen LogP contribution in [-0.2, 0) is 12.8 Å². The molecule has 0 aliphatic heterocycles. The smallest absolute Gasteiger partial charge is 0.260 e. The molecule has 1 aromatic carbocycles. The first-order chi connectivity index (χ1) is 11.6. The van der Waals surface area contributed by atoms with E-state index >= 15 is 0 Å². The van der Waals surface area contributed by atoms with Gasteiger partial charge in [0.1, 0.15) is 5.56 Å². The lowest BCUT2D eigenvalue weighted by Crippen LogP contribution is -2.45. The maximum atomic E-state index is 13.0. The summed E-state index contributed by atoms with van der Waals surface area (Å²) in [6.45, 7) is 4.56. The van der Waals surface area contributed by atoms with Crippen molar-refractivity contribution in [3.05, 3.63) is 69.1 Å². The molecule has 3 rings (SSSR count). The van der Waals surface area contributed by atoms with Gasteiger partial charge in [-0.15, -0.1) is 0 Å². The van der Waals surface area contributed by atoms with Crippen LogP contribution in [0.5, 0.6) is 0 Å². The molecule has 1 aliphatic carbocycles. The van der Waals surface area contributed by atoms with E-state index in [2.05, 4.69) is 36.2 Å². The Balaban J connectivity index is 1.87. The first-order valence-electron chi connectivity index (χ1n) is 8.68. The maximum Gasteiger partial charge on any atom is 0.260 e. The largest absolute Gasteiger partial charge is 0.335 e. The topological polar surface area (TPSA) is 53.2 Å². The predicted molar refractivity (Wildman–Crippen MR) is 95.4 cm³/mol. The van der Waals surface area contributed by atoms with Gasteiger partial charge >= 0.3 is 0 Å². The van der Waals surface area contributed by atoms with Crippen LogP contribution in [0.1, 0.15) is 46.9 Å². The Hall–Kier alpha value is -2.36. The highest BCUT2D eigenvalue weighted by atomic mass is 16.2. The summed E-state index contributed by atoms with van der Waals surface area (Å²) in [5.41, 5.74) is 3.42. The van der Waals surface area contributed by atoms with Crippen molar-refractivity contribution in [3.8, 4) is 0 Å². The number of carbonyl (C=O) groups is 1. The molecule has 1 N–H and O–H groups in total. The Labute approximate surface area is 142 Å². The summed E-state index contributed by atoms with van der Waals surface area (Å²) in [6.07, 6.45) is 3.68. The average Bonchev–Trinajstić information content (AvgIpc) is 2.59. The van der Waals surface area contributed by atoms with E-state index in [9.17, 15) is 9.59 Å². The van der Waals surface area contributed by atoms with Crippen molar-refractivity contribution in [1.82, 2.24) is 9.88 Å². The standard InChI is InChI=1S/C20H24N2O2/c1-3-12-22(20(24)18-11-8-14(2)21-19(18)23)17-10-9-15-6-4-5-7-16(15)13-17/h4-8,11,17H,3,9-10,12-13H2,1-2H3,(H,21,23)/t17-/m0/s1. The number of rotatable bonds is 4. The lowest BCUT2D eigenvalue weighted by atomic mass is 9.87. The van der Waals surface area contributed by atoms with Crippen LogP contribution in [0.15, 0.2) is 41.2 Å². The van der Waals surface area contributed by atoms with E-state index in [0.29, 0.717) is 6.54 Å². The summed E-state index contributed by atoms with van der Waals surface area (Å²) in [6, 6.07) is 12.0. The van der Waals surface area contributed by atoms with Gasteiger partial charge in [-0.05, 0) is 55.9 Å². The average molecular weight is 324 g/mol. The third-order valence-corrected chi connectivity index (χ3v) is 4.77. The lowest BCUT2D eigenvalue weighted by Gasteiger charge is -2.35. The van der Waals surface area contributed by atoms with Crippen molar-refractivity contribution >= 4 is 5.91 Å². The molecule has 0 spiro atoms. The summed E-state index contributed by atoms with van der Waals surface area (Å²) in [5.74, 6) is -0.150. The molecule has 1 aromatic heterocycles. The van der Waals surface area contributed by atoms with Gasteiger partial charge in [0.05, 0.1) is 0 Å². The van der Waals surface area contributed by atoms with Crippen molar-refractivity contribution in [1.29, 1.82) is 0 Å². The van der Waals surface area contributed by atoms with Crippen molar-refractivity contribution in [2.75, 3.05) is 6.54 Å². The van der Waals surface area contributed by atoms with Gasteiger partial charge < -0.3 is 9.88 Å². The maximum absolute atomic E-state index is 13.0. The number of aromatic nitrogens is 1. The van der Waals surface area contributed by atoms with Gasteiger partial charge in [0.25, 0.3) is 11.5 Å². The van der Waals surface area contributed by atoms with Crippen molar-refractivity contribution in [3.63, 3.8) is 0 Å². The van der Waals surface area contributed by atoms with Crippen LogP contribution >= 0.6 is 0 Å². The molecule has 1 atom stereocenters. The van der Waals surface area contributed by atoms with E-state index < -0.39 is 0 Å². The van der Waals surface area contributed by atoms with E-state index in [1.165, 1.54) is 11.1 Å². The second kappa shape index (κ2) is 7.04. The van der Waals surface area contributed by atoms with Gasteiger partial charge in [-0.1, -0.05) is 31.2 Å². The number of hydrogen-bond donors (Lipinski definition) is 1. The van der Waals surface area contributed by atoms with Crippen LogP contribution in [0, 0.1) is 6.92 Å². The van der Waals surface area contributed by atoms with Crippen LogP contribution in [0.2, 0.25) is 0 Å². The van der Waals surface area contributed by atoms with Gasteiger partial charge in [0.2, 0.25) is 0 Å². The number of hydrogen-bond acceptors (Lipinski definition) is 2. The molecule has 0 bridgehead atoms. The minimum atomic E-state index is -0.294. The Bertz CT molecular complexity index is 794. The Kier molecular flexibility index (Phi) is 4.84. The molecule has 126 valence electrons. The van der Waals surface area contributed by atoms with Gasteiger partial charge in [-0.3, -0.25) is 9.59 Å². The molecule has 1 aliphatic rings. The van der Waals surface area contributed by atoms with E-state index in [1.54, 1.807) is 12.1 Å². The SMILES string of the molecule is CCCN(C(=O)c1ccc(C)[nH]c1=O)[C@H]1CCc2ccccc2C1. The predicted octanol–water partition coefficient (Wildman–Crippen LogP) is 3.09. The van der Waals surface area contributed by atoms with Gasteiger partial charge in [-0.25, -0.2) is 0 Å². The Morgan fingerprint density at radius 1 is 1.21 bits per heavy atom. The van der Waals surface area contributed by atoms with Crippen LogP contribution in [0.3, 0.4) is 0 Å². The van der Waals surface area contributed by atoms with Gasteiger partial charge in [0, 0.05) is 18.3 Å². The summed E-state index contributed by atoms with van der Waals surface area (Å²) >= 11 is 0. The highest BCUT2D eigenvalue weighted by molar-refractivity contribution is 5.94. The van der Waals surface area contributed by atoms with Crippen molar-refractivity contribution in [2.24, 2.45) is 0 Å². The minimum Gasteiger partial charge on any atom is -0.335 e. The number of carbonyl (C=O) groups excluding carboxylic acids is 1. The quantitative estimate of drug-likeness (QED) is 0.939. The lowest BCUT2D eigenvalue weighted by molar-refractivity contribution is 0.0660. The number of H-pyrrole nitrogens is 1. The molecule has 0 saturated heterocycles. The summed E-state index contributed by atoms with van der Waals surface area (Å²) in [4.78, 5) is 29.8. The zero-order chi connectivity index (χ0) is 17.1. The third-order valence-electron chi connectivity index (χ3n) is 4.77. The molecule has 4 nitrogen and oxygen atoms in total. The number of aromatic amines is 1. The monoisotopic (exact) mass is 324 g/mol. The highest BCUT2D eigenvalue weighted by Gasteiger charge is 2.28. The number of fused-ring (bicyclic) bond motifs is 1. The molecular weight excluding hydrogens is 300 g/mol. The summed E-state index contributed by atoms with van der Waals surface area (Å²) in [5, 5.41) is 0. The second-order valence-corrected chi connectivity index (χ2v) is 6.55. The molecule has 1 heterocycles. The highest BCUT2D eigenvalue weighted by Crippen LogP contribution is 2.25. The number of nitrogens with one attached hydrogen (secondary N) is 1.